The molecule has 0 spiro atoms. The van der Waals surface area contributed by atoms with Crippen molar-refractivity contribution in [1.82, 2.24) is 0 Å². The molecule has 0 bridgehead atoms. The highest BCUT2D eigenvalue weighted by Gasteiger charge is 2.39. The first kappa shape index (κ1) is 14.6. The van der Waals surface area contributed by atoms with Crippen LogP contribution in [0.4, 0.5) is 18.4 Å². The van der Waals surface area contributed by atoms with E-state index >= 15 is 0 Å². The molecule has 9 heteroatoms. The summed E-state index contributed by atoms with van der Waals surface area (Å²) in [4.78, 5) is 12.5. The minimum absolute atomic E-state index is 0.183. The summed E-state index contributed by atoms with van der Waals surface area (Å²) < 4.78 is 66.0. The van der Waals surface area contributed by atoms with Crippen LogP contribution in [-0.4, -0.2) is 33.2 Å². The molecule has 1 saturated heterocycles. The second kappa shape index (κ2) is 4.97. The summed E-state index contributed by atoms with van der Waals surface area (Å²) in [6.45, 7) is -0.483. The summed E-state index contributed by atoms with van der Waals surface area (Å²) in [5.74, 6) is -3.42. The minimum atomic E-state index is -4.88. The Morgan fingerprint density at radius 1 is 1.30 bits per heavy atom. The monoisotopic (exact) mass is 309 g/mol. The molecule has 0 radical (unpaired) electrons. The van der Waals surface area contributed by atoms with Gasteiger partial charge in [0.05, 0.1) is 7.11 Å². The molecule has 0 aromatic heterocycles. The van der Waals surface area contributed by atoms with Crippen molar-refractivity contribution >= 4 is 21.8 Å². The Hall–Kier alpha value is -1.77. The summed E-state index contributed by atoms with van der Waals surface area (Å²) in [5.41, 5.74) is -0.183. The van der Waals surface area contributed by atoms with Crippen LogP contribution in [0, 0.1) is 11.6 Å². The molecule has 0 saturated carbocycles. The lowest BCUT2D eigenvalue weighted by Gasteiger charge is -2.17. The fourth-order valence-corrected chi connectivity index (χ4v) is 2.68. The van der Waals surface area contributed by atoms with Crippen LogP contribution in [0.1, 0.15) is 6.42 Å². The number of amides is 1. The van der Waals surface area contributed by atoms with Gasteiger partial charge in [-0.1, -0.05) is 0 Å². The Kier molecular flexibility index (Phi) is 3.63. The van der Waals surface area contributed by atoms with Gasteiger partial charge in [0.1, 0.15) is 5.25 Å². The molecular formula is C11H10F3NO4S. The van der Waals surface area contributed by atoms with Crippen LogP contribution in [0.25, 0.3) is 0 Å². The molecule has 1 fully saturated rings. The summed E-state index contributed by atoms with van der Waals surface area (Å²) in [6.07, 6.45) is -0.561. The number of hydrogen-bond donors (Lipinski definition) is 0. The highest BCUT2D eigenvalue weighted by atomic mass is 32.3. The summed E-state index contributed by atoms with van der Waals surface area (Å²) in [7, 11) is -3.81. The van der Waals surface area contributed by atoms with Gasteiger partial charge in [-0.05, 0) is 0 Å². The van der Waals surface area contributed by atoms with Crippen molar-refractivity contribution in [1.29, 1.82) is 0 Å². The molecule has 1 amide bonds. The number of ether oxygens (including phenoxy) is 1. The van der Waals surface area contributed by atoms with Gasteiger partial charge in [0.2, 0.25) is 5.91 Å². The topological polar surface area (TPSA) is 63.7 Å². The second-order valence-electron chi connectivity index (χ2n) is 4.25. The zero-order chi connectivity index (χ0) is 15.1. The molecule has 1 aromatic carbocycles. The van der Waals surface area contributed by atoms with Crippen molar-refractivity contribution < 1.29 is 30.6 Å². The van der Waals surface area contributed by atoms with E-state index in [9.17, 15) is 25.9 Å². The zero-order valence-corrected chi connectivity index (χ0v) is 11.1. The number of rotatable bonds is 3. The maximum atomic E-state index is 13.5. The van der Waals surface area contributed by atoms with Gasteiger partial charge >= 0.3 is 10.2 Å². The minimum Gasteiger partial charge on any atom is -0.491 e. The smallest absolute Gasteiger partial charge is 0.307 e. The predicted molar refractivity (Wildman–Crippen MR) is 63.7 cm³/mol. The maximum Gasteiger partial charge on any atom is 0.307 e. The first-order valence-electron chi connectivity index (χ1n) is 5.51. The first-order chi connectivity index (χ1) is 9.24. The number of nitrogens with zero attached hydrogens (tertiary/aromatic N) is 1. The lowest BCUT2D eigenvalue weighted by atomic mass is 10.2. The third-order valence-electron chi connectivity index (χ3n) is 2.99. The van der Waals surface area contributed by atoms with E-state index in [-0.39, 0.29) is 5.69 Å². The third kappa shape index (κ3) is 2.58. The van der Waals surface area contributed by atoms with Crippen LogP contribution in [0.15, 0.2) is 12.1 Å². The Labute approximate surface area is 113 Å². The number of halogens is 3. The van der Waals surface area contributed by atoms with Gasteiger partial charge in [-0.15, -0.1) is 3.89 Å². The Balaban J connectivity index is 2.36. The predicted octanol–water partition coefficient (Wildman–Crippen LogP) is 1.38. The molecule has 1 aromatic rings. The summed E-state index contributed by atoms with van der Waals surface area (Å²) in [6, 6.07) is 1.65. The van der Waals surface area contributed by atoms with Gasteiger partial charge < -0.3 is 9.64 Å². The van der Waals surface area contributed by atoms with Gasteiger partial charge in [-0.25, -0.2) is 8.78 Å². The lowest BCUT2D eigenvalue weighted by Crippen LogP contribution is -2.27. The van der Waals surface area contributed by atoms with E-state index in [1.807, 2.05) is 0 Å². The van der Waals surface area contributed by atoms with E-state index in [1.54, 1.807) is 0 Å². The number of methoxy groups -OCH3 is 1. The molecule has 1 aliphatic rings. The van der Waals surface area contributed by atoms with E-state index in [0.717, 1.165) is 24.1 Å². The normalized spacial score (nSPS) is 19.5. The van der Waals surface area contributed by atoms with Crippen molar-refractivity contribution in [3.05, 3.63) is 23.8 Å². The van der Waals surface area contributed by atoms with Crippen molar-refractivity contribution in [3.63, 3.8) is 0 Å². The summed E-state index contributed by atoms with van der Waals surface area (Å²) in [5, 5.41) is -1.52. The van der Waals surface area contributed by atoms with Gasteiger partial charge in [-0.2, -0.15) is 8.42 Å². The lowest BCUT2D eigenvalue weighted by molar-refractivity contribution is -0.117. The van der Waals surface area contributed by atoms with Gasteiger partial charge in [-0.3, -0.25) is 4.79 Å². The van der Waals surface area contributed by atoms with E-state index in [4.69, 9.17) is 0 Å². The number of anilines is 1. The van der Waals surface area contributed by atoms with Crippen molar-refractivity contribution in [3.8, 4) is 5.75 Å². The van der Waals surface area contributed by atoms with Crippen LogP contribution in [0.2, 0.25) is 0 Å². The van der Waals surface area contributed by atoms with E-state index in [1.165, 1.54) is 0 Å². The zero-order valence-electron chi connectivity index (χ0n) is 10.3. The molecule has 1 unspecified atom stereocenters. The number of benzene rings is 1. The van der Waals surface area contributed by atoms with Crippen molar-refractivity contribution in [2.24, 2.45) is 0 Å². The average Bonchev–Trinajstić information content (AvgIpc) is 2.70. The van der Waals surface area contributed by atoms with E-state index < -0.39 is 51.7 Å². The van der Waals surface area contributed by atoms with E-state index in [2.05, 4.69) is 4.74 Å². The Morgan fingerprint density at radius 3 is 2.25 bits per heavy atom. The van der Waals surface area contributed by atoms with Crippen molar-refractivity contribution in [2.75, 3.05) is 18.6 Å². The Bertz CT molecular complexity index is 639. The van der Waals surface area contributed by atoms with Crippen LogP contribution >= 0.6 is 0 Å². The molecule has 1 aliphatic heterocycles. The number of carbonyl (C=O) groups excluding carboxylic acids is 1. The second-order valence-corrected chi connectivity index (χ2v) is 5.87. The quantitative estimate of drug-likeness (QED) is 0.791. The first-order valence-corrected chi connectivity index (χ1v) is 6.95. The molecule has 1 heterocycles. The van der Waals surface area contributed by atoms with Crippen LogP contribution in [-0.2, 0) is 15.0 Å². The molecular weight excluding hydrogens is 299 g/mol. The van der Waals surface area contributed by atoms with Gasteiger partial charge in [0.25, 0.3) is 0 Å². The van der Waals surface area contributed by atoms with E-state index in [0.29, 0.717) is 0 Å². The highest BCUT2D eigenvalue weighted by Crippen LogP contribution is 2.31. The molecule has 5 nitrogen and oxygen atoms in total. The highest BCUT2D eigenvalue weighted by molar-refractivity contribution is 7.87. The molecule has 110 valence electrons. The third-order valence-corrected chi connectivity index (χ3v) is 4.10. The molecule has 1 atom stereocenters. The van der Waals surface area contributed by atoms with Gasteiger partial charge in [0, 0.05) is 30.8 Å². The summed E-state index contributed by atoms with van der Waals surface area (Å²) >= 11 is 0. The molecule has 2 rings (SSSR count). The molecule has 20 heavy (non-hydrogen) atoms. The standard InChI is InChI=1S/C11H10F3NO4S/c1-19-11-8(12)2-6(3-9(11)13)15-5-7(4-10(15)16)20(14,17)18/h2-3,7H,4-5H2,1H3. The van der Waals surface area contributed by atoms with Gasteiger partial charge in [0.15, 0.2) is 17.4 Å². The van der Waals surface area contributed by atoms with Crippen LogP contribution in [0.5, 0.6) is 5.75 Å². The van der Waals surface area contributed by atoms with Crippen molar-refractivity contribution in [2.45, 2.75) is 11.7 Å². The SMILES string of the molecule is COc1c(F)cc(N2CC(S(=O)(=O)F)CC2=O)cc1F. The fraction of sp³-hybridized carbons (Fsp3) is 0.364. The number of hydrogen-bond acceptors (Lipinski definition) is 4. The Morgan fingerprint density at radius 2 is 1.85 bits per heavy atom. The van der Waals surface area contributed by atoms with Crippen LogP contribution in [0.3, 0.4) is 0 Å². The number of carbonyl (C=O) groups is 1. The molecule has 0 aliphatic carbocycles. The van der Waals surface area contributed by atoms with Crippen LogP contribution < -0.4 is 9.64 Å². The molecule has 0 N–H and O–H groups in total. The maximum absolute atomic E-state index is 13.5. The average molecular weight is 309 g/mol. The largest absolute Gasteiger partial charge is 0.491 e. The fourth-order valence-electron chi connectivity index (χ4n) is 2.01.